The summed E-state index contributed by atoms with van der Waals surface area (Å²) in [5, 5.41) is 2.49. The zero-order valence-electron chi connectivity index (χ0n) is 12.8. The van der Waals surface area contributed by atoms with Gasteiger partial charge in [-0.2, -0.15) is 24.9 Å². The molecule has 1 N–H and O–H groups in total. The molecule has 0 unspecified atom stereocenters. The van der Waals surface area contributed by atoms with Crippen molar-refractivity contribution in [3.63, 3.8) is 0 Å². The van der Waals surface area contributed by atoms with E-state index in [-0.39, 0.29) is 17.1 Å². The van der Waals surface area contributed by atoms with Gasteiger partial charge < -0.3 is 10.1 Å². The molecule has 0 fully saturated rings. The Bertz CT molecular complexity index is 738. The zero-order chi connectivity index (χ0) is 17.7. The third-order valence-electron chi connectivity index (χ3n) is 3.03. The van der Waals surface area contributed by atoms with Gasteiger partial charge in [-0.3, -0.25) is 9.78 Å². The van der Waals surface area contributed by atoms with E-state index in [1.165, 1.54) is 25.1 Å². The lowest BCUT2D eigenvalue weighted by Crippen LogP contribution is -2.17. The van der Waals surface area contributed by atoms with Gasteiger partial charge in [0.25, 0.3) is 5.91 Å². The van der Waals surface area contributed by atoms with Gasteiger partial charge in [-0.15, -0.1) is 0 Å². The molecule has 0 atom stereocenters. The Morgan fingerprint density at radius 1 is 1.38 bits per heavy atom. The van der Waals surface area contributed by atoms with Crippen molar-refractivity contribution >= 4 is 23.4 Å². The van der Waals surface area contributed by atoms with Gasteiger partial charge in [-0.25, -0.2) is 4.98 Å². The van der Waals surface area contributed by atoms with E-state index in [1.807, 2.05) is 6.26 Å². The summed E-state index contributed by atoms with van der Waals surface area (Å²) in [5.74, 6) is -0.0913. The van der Waals surface area contributed by atoms with E-state index in [4.69, 9.17) is 4.74 Å². The Kier molecular flexibility index (Phi) is 5.66. The van der Waals surface area contributed by atoms with Crippen LogP contribution in [0.5, 0.6) is 5.75 Å². The Morgan fingerprint density at radius 3 is 2.75 bits per heavy atom. The second-order valence-corrected chi connectivity index (χ2v) is 5.53. The van der Waals surface area contributed by atoms with E-state index >= 15 is 0 Å². The molecule has 0 saturated heterocycles. The molecule has 0 saturated carbocycles. The predicted octanol–water partition coefficient (Wildman–Crippen LogP) is 3.62. The molecule has 9 heteroatoms. The van der Waals surface area contributed by atoms with Gasteiger partial charge in [0.2, 0.25) is 0 Å². The summed E-state index contributed by atoms with van der Waals surface area (Å²) in [6, 6.07) is 4.21. The van der Waals surface area contributed by atoms with Gasteiger partial charge >= 0.3 is 6.18 Å². The largest absolute Gasteiger partial charge is 0.494 e. The third-order valence-corrected chi connectivity index (χ3v) is 3.63. The molecular weight excluding hydrogens is 343 g/mol. The number of ether oxygens (including phenoxy) is 1. The number of thioether (sulfide) groups is 1. The van der Waals surface area contributed by atoms with Gasteiger partial charge in [-0.1, -0.05) is 6.07 Å². The first-order chi connectivity index (χ1) is 11.4. The van der Waals surface area contributed by atoms with Crippen molar-refractivity contribution in [3.8, 4) is 5.75 Å². The van der Waals surface area contributed by atoms with E-state index in [9.17, 15) is 18.0 Å². The Morgan fingerprint density at radius 2 is 2.12 bits per heavy atom. The number of aromatic nitrogens is 2. The number of anilines is 1. The van der Waals surface area contributed by atoms with Crippen molar-refractivity contribution in [1.82, 2.24) is 9.97 Å². The van der Waals surface area contributed by atoms with Gasteiger partial charge in [0.15, 0.2) is 0 Å². The number of methoxy groups -OCH3 is 1. The SMILES string of the molecule is COc1cc(C(F)(F)F)ncc1NC(=O)c1ncccc1CSC. The van der Waals surface area contributed by atoms with Crippen LogP contribution >= 0.6 is 11.8 Å². The third kappa shape index (κ3) is 4.16. The predicted molar refractivity (Wildman–Crippen MR) is 85.2 cm³/mol. The molecule has 0 aliphatic rings. The molecule has 5 nitrogen and oxygen atoms in total. The molecule has 0 aliphatic heterocycles. The van der Waals surface area contributed by atoms with Crippen molar-refractivity contribution in [1.29, 1.82) is 0 Å². The summed E-state index contributed by atoms with van der Waals surface area (Å²) in [5.41, 5.74) is -0.135. The van der Waals surface area contributed by atoms with Crippen LogP contribution in [-0.4, -0.2) is 29.2 Å². The van der Waals surface area contributed by atoms with Crippen LogP contribution in [0.1, 0.15) is 21.7 Å². The fourth-order valence-electron chi connectivity index (χ4n) is 1.95. The minimum atomic E-state index is -4.59. The van der Waals surface area contributed by atoms with Crippen molar-refractivity contribution in [2.24, 2.45) is 0 Å². The van der Waals surface area contributed by atoms with Crippen LogP contribution in [0.15, 0.2) is 30.6 Å². The molecule has 0 spiro atoms. The topological polar surface area (TPSA) is 64.1 Å². The summed E-state index contributed by atoms with van der Waals surface area (Å²) < 4.78 is 43.0. The number of alkyl halides is 3. The lowest BCUT2D eigenvalue weighted by molar-refractivity contribution is -0.141. The van der Waals surface area contributed by atoms with Gasteiger partial charge in [0.05, 0.1) is 13.3 Å². The number of pyridine rings is 2. The van der Waals surface area contributed by atoms with E-state index in [0.29, 0.717) is 5.75 Å². The first-order valence-electron chi connectivity index (χ1n) is 6.72. The monoisotopic (exact) mass is 357 g/mol. The molecule has 0 aromatic carbocycles. The minimum Gasteiger partial charge on any atom is -0.494 e. The molecule has 0 aliphatic carbocycles. The number of rotatable bonds is 5. The molecule has 2 aromatic rings. The van der Waals surface area contributed by atoms with E-state index < -0.39 is 17.8 Å². The molecule has 24 heavy (non-hydrogen) atoms. The lowest BCUT2D eigenvalue weighted by Gasteiger charge is -2.13. The highest BCUT2D eigenvalue weighted by atomic mass is 32.2. The molecule has 2 rings (SSSR count). The van der Waals surface area contributed by atoms with Crippen LogP contribution in [0, 0.1) is 0 Å². The quantitative estimate of drug-likeness (QED) is 0.885. The highest BCUT2D eigenvalue weighted by molar-refractivity contribution is 7.97. The highest BCUT2D eigenvalue weighted by Gasteiger charge is 2.33. The minimum absolute atomic E-state index is 0.0382. The normalized spacial score (nSPS) is 11.2. The number of carbonyl (C=O) groups excluding carboxylic acids is 1. The standard InChI is InChI=1S/C15H14F3N3O2S/c1-23-11-6-12(15(16,17)18)20-7-10(11)21-14(22)13-9(8-24-2)4-3-5-19-13/h3-7H,8H2,1-2H3,(H,21,22). The van der Waals surface area contributed by atoms with Gasteiger partial charge in [0.1, 0.15) is 22.8 Å². The molecule has 1 amide bonds. The number of carbonyl (C=O) groups is 1. The van der Waals surface area contributed by atoms with E-state index in [0.717, 1.165) is 17.8 Å². The number of hydrogen-bond acceptors (Lipinski definition) is 5. The number of halogens is 3. The maximum absolute atomic E-state index is 12.7. The maximum Gasteiger partial charge on any atom is 0.433 e. The van der Waals surface area contributed by atoms with Crippen LogP contribution in [0.25, 0.3) is 0 Å². The average molecular weight is 357 g/mol. The second-order valence-electron chi connectivity index (χ2n) is 4.67. The highest BCUT2D eigenvalue weighted by Crippen LogP contribution is 2.33. The molecule has 2 heterocycles. The van der Waals surface area contributed by atoms with Crippen LogP contribution in [0.4, 0.5) is 18.9 Å². The molecule has 0 radical (unpaired) electrons. The first-order valence-corrected chi connectivity index (χ1v) is 8.11. The summed E-state index contributed by atoms with van der Waals surface area (Å²) in [4.78, 5) is 19.7. The van der Waals surface area contributed by atoms with Crippen molar-refractivity contribution in [2.45, 2.75) is 11.9 Å². The smallest absolute Gasteiger partial charge is 0.433 e. The van der Waals surface area contributed by atoms with Crippen LogP contribution in [0.3, 0.4) is 0 Å². The number of amides is 1. The van der Waals surface area contributed by atoms with Crippen LogP contribution in [-0.2, 0) is 11.9 Å². The summed E-state index contributed by atoms with van der Waals surface area (Å²) >= 11 is 1.52. The second kappa shape index (κ2) is 7.52. The Balaban J connectivity index is 2.29. The van der Waals surface area contributed by atoms with E-state index in [1.54, 1.807) is 12.1 Å². The summed E-state index contributed by atoms with van der Waals surface area (Å²) in [7, 11) is 1.21. The first kappa shape index (κ1) is 18.1. The number of hydrogen-bond donors (Lipinski definition) is 1. The fourth-order valence-corrected chi connectivity index (χ4v) is 2.50. The van der Waals surface area contributed by atoms with E-state index in [2.05, 4.69) is 15.3 Å². The summed E-state index contributed by atoms with van der Waals surface area (Å²) in [6.07, 6.45) is -0.322. The fraction of sp³-hybridized carbons (Fsp3) is 0.267. The van der Waals surface area contributed by atoms with Crippen molar-refractivity contribution < 1.29 is 22.7 Å². The summed E-state index contributed by atoms with van der Waals surface area (Å²) in [6.45, 7) is 0. The van der Waals surface area contributed by atoms with Gasteiger partial charge in [-0.05, 0) is 17.9 Å². The van der Waals surface area contributed by atoms with Gasteiger partial charge in [0, 0.05) is 18.0 Å². The average Bonchev–Trinajstić information content (AvgIpc) is 2.55. The molecule has 2 aromatic heterocycles. The molecule has 0 bridgehead atoms. The number of nitrogens with zero attached hydrogens (tertiary/aromatic N) is 2. The van der Waals surface area contributed by atoms with Crippen LogP contribution < -0.4 is 10.1 Å². The Labute approximate surface area is 140 Å². The molecular formula is C15H14F3N3O2S. The maximum atomic E-state index is 12.7. The number of nitrogens with one attached hydrogen (secondary N) is 1. The van der Waals surface area contributed by atoms with Crippen molar-refractivity contribution in [3.05, 3.63) is 47.5 Å². The lowest BCUT2D eigenvalue weighted by atomic mass is 10.2. The molecule has 128 valence electrons. The van der Waals surface area contributed by atoms with Crippen LogP contribution in [0.2, 0.25) is 0 Å². The Hall–Kier alpha value is -2.29. The van der Waals surface area contributed by atoms with Crippen molar-refractivity contribution in [2.75, 3.05) is 18.7 Å². The zero-order valence-corrected chi connectivity index (χ0v) is 13.7.